The zero-order valence-corrected chi connectivity index (χ0v) is 19.9. The Bertz CT molecular complexity index is 1490. The first-order valence-corrected chi connectivity index (χ1v) is 12.9. The molecule has 0 aliphatic heterocycles. The van der Waals surface area contributed by atoms with Crippen molar-refractivity contribution in [1.29, 1.82) is 0 Å². The van der Waals surface area contributed by atoms with Crippen molar-refractivity contribution in [2.75, 3.05) is 5.75 Å². The molecule has 0 aliphatic rings. The van der Waals surface area contributed by atoms with E-state index in [9.17, 15) is 18.3 Å². The SMILES string of the molecule is Cc1cccc2c1c(C[C@H](CS(=O)(=O)c1ccc(C#Cc3ccccc3)s1)C(=O)O)cn2C. The Morgan fingerprint density at radius 3 is 2.55 bits per heavy atom. The predicted molar refractivity (Wildman–Crippen MR) is 131 cm³/mol. The number of carboxylic acids is 1. The third kappa shape index (κ3) is 5.03. The summed E-state index contributed by atoms with van der Waals surface area (Å²) >= 11 is 1.07. The van der Waals surface area contributed by atoms with Crippen molar-refractivity contribution in [3.8, 4) is 11.8 Å². The average molecular weight is 478 g/mol. The highest BCUT2D eigenvalue weighted by atomic mass is 32.2. The summed E-state index contributed by atoms with van der Waals surface area (Å²) in [6, 6.07) is 18.5. The number of benzene rings is 2. The molecule has 4 aromatic rings. The second kappa shape index (κ2) is 9.26. The molecule has 4 rings (SSSR count). The van der Waals surface area contributed by atoms with E-state index in [1.165, 1.54) is 6.07 Å². The van der Waals surface area contributed by atoms with Crippen molar-refractivity contribution < 1.29 is 18.3 Å². The van der Waals surface area contributed by atoms with Crippen LogP contribution in [-0.2, 0) is 28.1 Å². The van der Waals surface area contributed by atoms with Crippen LogP contribution in [0.3, 0.4) is 0 Å². The van der Waals surface area contributed by atoms with Crippen molar-refractivity contribution in [2.45, 2.75) is 17.6 Å². The van der Waals surface area contributed by atoms with E-state index in [2.05, 4.69) is 11.8 Å². The number of nitrogens with zero attached hydrogens (tertiary/aromatic N) is 1. The van der Waals surface area contributed by atoms with Crippen molar-refractivity contribution >= 4 is 38.0 Å². The molecule has 0 fully saturated rings. The summed E-state index contributed by atoms with van der Waals surface area (Å²) in [5.41, 5.74) is 3.72. The summed E-state index contributed by atoms with van der Waals surface area (Å²) < 4.78 is 28.2. The number of sulfone groups is 1. The van der Waals surface area contributed by atoms with Crippen LogP contribution in [0.15, 0.2) is 71.1 Å². The lowest BCUT2D eigenvalue weighted by molar-refractivity contribution is -0.140. The smallest absolute Gasteiger partial charge is 0.307 e. The van der Waals surface area contributed by atoms with Gasteiger partial charge < -0.3 is 9.67 Å². The van der Waals surface area contributed by atoms with E-state index in [1.54, 1.807) is 6.07 Å². The van der Waals surface area contributed by atoms with Gasteiger partial charge in [0.15, 0.2) is 9.84 Å². The second-order valence-corrected chi connectivity index (χ2v) is 11.3. The molecule has 0 spiro atoms. The van der Waals surface area contributed by atoms with Gasteiger partial charge in [-0.3, -0.25) is 4.79 Å². The van der Waals surface area contributed by atoms with Gasteiger partial charge in [-0.1, -0.05) is 42.2 Å². The number of hydrogen-bond donors (Lipinski definition) is 1. The number of aliphatic carboxylic acids is 1. The maximum absolute atomic E-state index is 13.1. The van der Waals surface area contributed by atoms with Crippen molar-refractivity contribution in [1.82, 2.24) is 4.57 Å². The molecular weight excluding hydrogens is 454 g/mol. The third-order valence-electron chi connectivity index (χ3n) is 5.53. The highest BCUT2D eigenvalue weighted by Crippen LogP contribution is 2.29. The molecule has 0 amide bonds. The summed E-state index contributed by atoms with van der Waals surface area (Å²) in [7, 11) is -1.88. The van der Waals surface area contributed by atoms with E-state index < -0.39 is 27.5 Å². The molecule has 33 heavy (non-hydrogen) atoms. The number of hydrogen-bond acceptors (Lipinski definition) is 4. The number of thiophene rings is 1. The van der Waals surface area contributed by atoms with Crippen molar-refractivity contribution in [2.24, 2.45) is 13.0 Å². The van der Waals surface area contributed by atoms with Crippen LogP contribution in [0.1, 0.15) is 21.6 Å². The minimum absolute atomic E-state index is 0.139. The van der Waals surface area contributed by atoms with E-state index in [0.717, 1.165) is 38.9 Å². The van der Waals surface area contributed by atoms with Gasteiger partial charge in [-0.25, -0.2) is 8.42 Å². The zero-order chi connectivity index (χ0) is 23.6. The molecule has 0 bridgehead atoms. The monoisotopic (exact) mass is 477 g/mol. The largest absolute Gasteiger partial charge is 0.481 e. The van der Waals surface area contributed by atoms with Gasteiger partial charge in [0.05, 0.1) is 16.5 Å². The highest BCUT2D eigenvalue weighted by molar-refractivity contribution is 7.93. The van der Waals surface area contributed by atoms with Crippen LogP contribution in [0.2, 0.25) is 0 Å². The molecule has 2 aromatic carbocycles. The molecule has 2 aromatic heterocycles. The first-order valence-electron chi connectivity index (χ1n) is 10.4. The minimum Gasteiger partial charge on any atom is -0.481 e. The fourth-order valence-electron chi connectivity index (χ4n) is 3.93. The van der Waals surface area contributed by atoms with Crippen molar-refractivity contribution in [3.05, 3.63) is 88.4 Å². The third-order valence-corrected chi connectivity index (χ3v) is 8.93. The Labute approximate surface area is 197 Å². The maximum Gasteiger partial charge on any atom is 0.307 e. The standard InChI is InChI=1S/C26H23NO4S2/c1-18-7-6-10-23-25(18)20(16-27(23)2)15-21(26(28)29)17-33(30,31)24-14-13-22(32-24)12-11-19-8-4-3-5-9-19/h3-10,13-14,16,21H,15,17H2,1-2H3,(H,28,29)/t21-/m1/s1. The molecule has 168 valence electrons. The predicted octanol–water partition coefficient (Wildman–Crippen LogP) is 4.67. The Balaban J connectivity index is 1.57. The zero-order valence-electron chi connectivity index (χ0n) is 18.3. The Hall–Kier alpha value is -3.34. The lowest BCUT2D eigenvalue weighted by Crippen LogP contribution is -2.25. The molecule has 1 N–H and O–H groups in total. The molecule has 1 atom stereocenters. The van der Waals surface area contributed by atoms with Crippen LogP contribution < -0.4 is 0 Å². The normalized spacial score (nSPS) is 12.3. The molecule has 0 radical (unpaired) electrons. The quantitative estimate of drug-likeness (QED) is 0.410. The lowest BCUT2D eigenvalue weighted by Gasteiger charge is -2.12. The van der Waals surface area contributed by atoms with E-state index in [0.29, 0.717) is 4.88 Å². The first kappa shape index (κ1) is 22.8. The molecule has 0 aliphatic carbocycles. The summed E-state index contributed by atoms with van der Waals surface area (Å²) in [6.07, 6.45) is 2.03. The molecular formula is C26H23NO4S2. The van der Waals surface area contributed by atoms with Gasteiger partial charge in [-0.15, -0.1) is 11.3 Å². The molecule has 0 saturated carbocycles. The Morgan fingerprint density at radius 2 is 1.82 bits per heavy atom. The molecule has 5 nitrogen and oxygen atoms in total. The van der Waals surface area contributed by atoms with Crippen molar-refractivity contribution in [3.63, 3.8) is 0 Å². The highest BCUT2D eigenvalue weighted by Gasteiger charge is 2.29. The maximum atomic E-state index is 13.1. The summed E-state index contributed by atoms with van der Waals surface area (Å²) in [4.78, 5) is 12.6. The lowest BCUT2D eigenvalue weighted by atomic mass is 9.98. The van der Waals surface area contributed by atoms with Gasteiger partial charge in [0.2, 0.25) is 0 Å². The number of carbonyl (C=O) groups is 1. The van der Waals surface area contributed by atoms with Gasteiger partial charge in [-0.2, -0.15) is 0 Å². The molecule has 7 heteroatoms. The summed E-state index contributed by atoms with van der Waals surface area (Å²) in [5, 5.41) is 10.8. The molecule has 0 saturated heterocycles. The van der Waals surface area contributed by atoms with E-state index in [4.69, 9.17) is 0 Å². The average Bonchev–Trinajstić information content (AvgIpc) is 3.39. The van der Waals surface area contributed by atoms with E-state index in [-0.39, 0.29) is 10.6 Å². The summed E-state index contributed by atoms with van der Waals surface area (Å²) in [5.74, 6) is 3.36. The van der Waals surface area contributed by atoms with Gasteiger partial charge in [0.25, 0.3) is 0 Å². The molecule has 0 unspecified atom stereocenters. The number of aryl methyl sites for hydroxylation is 2. The van der Waals surface area contributed by atoms with Crippen LogP contribution in [0, 0.1) is 24.7 Å². The minimum atomic E-state index is -3.78. The number of aromatic nitrogens is 1. The first-order chi connectivity index (χ1) is 15.7. The van der Waals surface area contributed by atoms with Crippen LogP contribution in [0.4, 0.5) is 0 Å². The van der Waals surface area contributed by atoms with Crippen LogP contribution in [-0.4, -0.2) is 29.8 Å². The molecule has 2 heterocycles. The number of fused-ring (bicyclic) bond motifs is 1. The van der Waals surface area contributed by atoms with Crippen LogP contribution in [0.5, 0.6) is 0 Å². The number of carboxylic acid groups (broad SMARTS) is 1. The number of rotatable bonds is 6. The van der Waals surface area contributed by atoms with Gasteiger partial charge in [-0.05, 0) is 54.8 Å². The fourth-order valence-corrected chi connectivity index (χ4v) is 6.73. The fraction of sp³-hybridized carbons (Fsp3) is 0.192. The Kier molecular flexibility index (Phi) is 6.41. The van der Waals surface area contributed by atoms with Gasteiger partial charge in [0, 0.05) is 29.7 Å². The van der Waals surface area contributed by atoms with Crippen LogP contribution >= 0.6 is 11.3 Å². The Morgan fingerprint density at radius 1 is 1.06 bits per heavy atom. The van der Waals surface area contributed by atoms with Gasteiger partial charge >= 0.3 is 5.97 Å². The van der Waals surface area contributed by atoms with E-state index in [1.807, 2.05) is 73.3 Å². The van der Waals surface area contributed by atoms with E-state index >= 15 is 0 Å². The topological polar surface area (TPSA) is 76.4 Å². The summed E-state index contributed by atoms with van der Waals surface area (Å²) in [6.45, 7) is 1.97. The van der Waals surface area contributed by atoms with Gasteiger partial charge in [0.1, 0.15) is 4.21 Å². The van der Waals surface area contributed by atoms with Crippen LogP contribution in [0.25, 0.3) is 10.9 Å². The second-order valence-electron chi connectivity index (χ2n) is 7.99.